The first kappa shape index (κ1) is 16.5. The number of nitriles is 1. The van der Waals surface area contributed by atoms with Crippen LogP contribution in [0.2, 0.25) is 0 Å². The Kier molecular flexibility index (Phi) is 4.90. The van der Waals surface area contributed by atoms with Gasteiger partial charge in [0.05, 0.1) is 23.5 Å². The van der Waals surface area contributed by atoms with Crippen LogP contribution < -0.4 is 5.32 Å². The Hall–Kier alpha value is -3.40. The third kappa shape index (κ3) is 3.93. The molecule has 2 heterocycles. The van der Waals surface area contributed by atoms with Gasteiger partial charge < -0.3 is 15.1 Å². The number of nitrogens with one attached hydrogen (secondary N) is 1. The van der Waals surface area contributed by atoms with Crippen molar-refractivity contribution in [2.24, 2.45) is 0 Å². The molecule has 2 aromatic rings. The number of carbonyl (C=O) groups excluding carboxylic acids is 2. The minimum absolute atomic E-state index is 0.129. The number of nitrogens with zero attached hydrogens (tertiary/aromatic N) is 4. The lowest BCUT2D eigenvalue weighted by Crippen LogP contribution is -2.48. The molecule has 1 aromatic heterocycles. The summed E-state index contributed by atoms with van der Waals surface area (Å²) in [4.78, 5) is 30.8. The summed E-state index contributed by atoms with van der Waals surface area (Å²) >= 11 is 0. The summed E-state index contributed by atoms with van der Waals surface area (Å²) in [5.41, 5.74) is 2.57. The summed E-state index contributed by atoms with van der Waals surface area (Å²) in [6.07, 6.45) is 2.41. The molecule has 0 radical (unpaired) electrons. The smallest absolute Gasteiger partial charge is 0.272 e. The second kappa shape index (κ2) is 7.45. The molecule has 0 atom stereocenters. The molecule has 1 aliphatic rings. The molecular formula is C18H17N5O2. The molecule has 1 aromatic carbocycles. The predicted octanol–water partition coefficient (Wildman–Crippen LogP) is 1.61. The van der Waals surface area contributed by atoms with Crippen LogP contribution in [-0.2, 0) is 4.79 Å². The largest absolute Gasteiger partial charge is 0.354 e. The first-order chi connectivity index (χ1) is 12.2. The van der Waals surface area contributed by atoms with Crippen molar-refractivity contribution in [3.63, 3.8) is 0 Å². The Balaban J connectivity index is 1.62. The Morgan fingerprint density at radius 3 is 2.32 bits per heavy atom. The molecule has 0 spiro atoms. The van der Waals surface area contributed by atoms with Crippen molar-refractivity contribution in [3.05, 3.63) is 53.9 Å². The molecule has 3 rings (SSSR count). The van der Waals surface area contributed by atoms with E-state index < -0.39 is 0 Å². The van der Waals surface area contributed by atoms with Crippen LogP contribution in [0.5, 0.6) is 0 Å². The van der Waals surface area contributed by atoms with Gasteiger partial charge in [-0.25, -0.2) is 4.98 Å². The Morgan fingerprint density at radius 2 is 1.76 bits per heavy atom. The number of benzene rings is 1. The zero-order valence-corrected chi connectivity index (χ0v) is 13.6. The number of rotatable bonds is 4. The van der Waals surface area contributed by atoms with Gasteiger partial charge in [0.1, 0.15) is 5.69 Å². The molecule has 2 amide bonds. The Bertz CT molecular complexity index is 788. The fraction of sp³-hybridized carbons (Fsp3) is 0.222. The van der Waals surface area contributed by atoms with Gasteiger partial charge in [0.2, 0.25) is 6.41 Å². The van der Waals surface area contributed by atoms with E-state index in [4.69, 9.17) is 5.26 Å². The quantitative estimate of drug-likeness (QED) is 0.858. The molecule has 0 saturated carbocycles. The van der Waals surface area contributed by atoms with Crippen LogP contribution in [0.25, 0.3) is 0 Å². The first-order valence-corrected chi connectivity index (χ1v) is 7.91. The second-order valence-corrected chi connectivity index (χ2v) is 5.68. The molecule has 1 fully saturated rings. The number of piperazine rings is 1. The third-order valence-electron chi connectivity index (χ3n) is 4.04. The molecule has 0 bridgehead atoms. The molecule has 7 nitrogen and oxygen atoms in total. The van der Waals surface area contributed by atoms with Gasteiger partial charge in [-0.05, 0) is 36.4 Å². The summed E-state index contributed by atoms with van der Waals surface area (Å²) in [6.45, 7) is 2.14. The highest BCUT2D eigenvalue weighted by atomic mass is 16.2. The fourth-order valence-electron chi connectivity index (χ4n) is 2.58. The van der Waals surface area contributed by atoms with Crippen molar-refractivity contribution in [1.82, 2.24) is 14.8 Å². The number of carbonyl (C=O) groups is 2. The van der Waals surface area contributed by atoms with Crippen LogP contribution in [0.15, 0.2) is 42.6 Å². The molecule has 1 N–H and O–H groups in total. The van der Waals surface area contributed by atoms with Gasteiger partial charge in [0, 0.05) is 31.9 Å². The number of hydrogen-bond donors (Lipinski definition) is 1. The van der Waals surface area contributed by atoms with Gasteiger partial charge in [0.25, 0.3) is 5.91 Å². The average molecular weight is 335 g/mol. The van der Waals surface area contributed by atoms with E-state index in [1.54, 1.807) is 40.3 Å². The SMILES string of the molecule is N#Cc1ccc(Nc2ccc(C(=O)N3CCN(C=O)CC3)nc2)cc1. The first-order valence-electron chi connectivity index (χ1n) is 7.91. The van der Waals surface area contributed by atoms with E-state index >= 15 is 0 Å². The standard InChI is InChI=1S/C18H17N5O2/c19-11-14-1-3-15(4-2-14)21-16-5-6-17(20-12-16)18(25)23-9-7-22(13-24)8-10-23/h1-6,12-13,21H,7-10H2. The lowest BCUT2D eigenvalue weighted by Gasteiger charge is -2.32. The van der Waals surface area contributed by atoms with Crippen LogP contribution in [0, 0.1) is 11.3 Å². The minimum atomic E-state index is -0.129. The summed E-state index contributed by atoms with van der Waals surface area (Å²) in [5, 5.41) is 12.0. The van der Waals surface area contributed by atoms with Gasteiger partial charge in [0.15, 0.2) is 0 Å². The topological polar surface area (TPSA) is 89.3 Å². The maximum atomic E-state index is 12.4. The maximum absolute atomic E-state index is 12.4. The van der Waals surface area contributed by atoms with Gasteiger partial charge in [-0.1, -0.05) is 0 Å². The maximum Gasteiger partial charge on any atom is 0.272 e. The number of hydrogen-bond acceptors (Lipinski definition) is 5. The van der Waals surface area contributed by atoms with E-state index in [1.165, 1.54) is 0 Å². The normalized spacial score (nSPS) is 13.9. The highest BCUT2D eigenvalue weighted by molar-refractivity contribution is 5.92. The van der Waals surface area contributed by atoms with Crippen molar-refractivity contribution >= 4 is 23.7 Å². The van der Waals surface area contributed by atoms with E-state index in [2.05, 4.69) is 16.4 Å². The Labute approximate surface area is 145 Å². The monoisotopic (exact) mass is 335 g/mol. The van der Waals surface area contributed by atoms with E-state index in [1.807, 2.05) is 12.1 Å². The molecule has 1 saturated heterocycles. The highest BCUT2D eigenvalue weighted by Crippen LogP contribution is 2.17. The van der Waals surface area contributed by atoms with Gasteiger partial charge in [-0.3, -0.25) is 9.59 Å². The zero-order valence-electron chi connectivity index (χ0n) is 13.6. The number of amides is 2. The highest BCUT2D eigenvalue weighted by Gasteiger charge is 2.22. The zero-order chi connectivity index (χ0) is 17.6. The van der Waals surface area contributed by atoms with Crippen molar-refractivity contribution in [2.75, 3.05) is 31.5 Å². The minimum Gasteiger partial charge on any atom is -0.354 e. The van der Waals surface area contributed by atoms with Crippen LogP contribution in [0.4, 0.5) is 11.4 Å². The third-order valence-corrected chi connectivity index (χ3v) is 4.04. The summed E-state index contributed by atoms with van der Waals surface area (Å²) in [7, 11) is 0. The van der Waals surface area contributed by atoms with Crippen LogP contribution in [-0.4, -0.2) is 53.3 Å². The van der Waals surface area contributed by atoms with E-state index in [0.29, 0.717) is 37.4 Å². The van der Waals surface area contributed by atoms with E-state index in [0.717, 1.165) is 17.8 Å². The van der Waals surface area contributed by atoms with Crippen molar-refractivity contribution in [2.45, 2.75) is 0 Å². The molecule has 0 aliphatic carbocycles. The molecule has 7 heteroatoms. The van der Waals surface area contributed by atoms with Gasteiger partial charge >= 0.3 is 0 Å². The summed E-state index contributed by atoms with van der Waals surface area (Å²) in [5.74, 6) is -0.129. The molecular weight excluding hydrogens is 318 g/mol. The number of aromatic nitrogens is 1. The summed E-state index contributed by atoms with van der Waals surface area (Å²) in [6, 6.07) is 12.6. The lowest BCUT2D eigenvalue weighted by atomic mass is 10.2. The van der Waals surface area contributed by atoms with Gasteiger partial charge in [-0.15, -0.1) is 0 Å². The van der Waals surface area contributed by atoms with Crippen LogP contribution >= 0.6 is 0 Å². The van der Waals surface area contributed by atoms with E-state index in [9.17, 15) is 9.59 Å². The molecule has 0 unspecified atom stereocenters. The van der Waals surface area contributed by atoms with Crippen LogP contribution in [0.3, 0.4) is 0 Å². The molecule has 126 valence electrons. The van der Waals surface area contributed by atoms with Gasteiger partial charge in [-0.2, -0.15) is 5.26 Å². The predicted molar refractivity (Wildman–Crippen MR) is 92.2 cm³/mol. The van der Waals surface area contributed by atoms with E-state index in [-0.39, 0.29) is 5.91 Å². The fourth-order valence-corrected chi connectivity index (χ4v) is 2.58. The van der Waals surface area contributed by atoms with Crippen molar-refractivity contribution in [1.29, 1.82) is 5.26 Å². The van der Waals surface area contributed by atoms with Crippen molar-refractivity contribution in [3.8, 4) is 6.07 Å². The lowest BCUT2D eigenvalue weighted by molar-refractivity contribution is -0.119. The summed E-state index contributed by atoms with van der Waals surface area (Å²) < 4.78 is 0. The molecule has 25 heavy (non-hydrogen) atoms. The van der Waals surface area contributed by atoms with Crippen molar-refractivity contribution < 1.29 is 9.59 Å². The number of pyridine rings is 1. The van der Waals surface area contributed by atoms with Crippen LogP contribution in [0.1, 0.15) is 16.1 Å². The average Bonchev–Trinajstić information content (AvgIpc) is 2.69. The Morgan fingerprint density at radius 1 is 1.08 bits per heavy atom. The second-order valence-electron chi connectivity index (χ2n) is 5.68. The number of anilines is 2. The molecule has 1 aliphatic heterocycles.